The number of benzene rings is 1. The number of para-hydroxylation sites is 1. The van der Waals surface area contributed by atoms with Crippen molar-refractivity contribution in [2.24, 2.45) is 10.2 Å². The largest absolute Gasteiger partial charge is 0.458 e. The molecule has 0 saturated heterocycles. The molecule has 0 radical (unpaired) electrons. The molecule has 2 amide bonds. The Hall–Kier alpha value is -2.24. The Bertz CT molecular complexity index is 529. The van der Waals surface area contributed by atoms with Crippen LogP contribution in [0.15, 0.2) is 34.5 Å². The van der Waals surface area contributed by atoms with E-state index in [9.17, 15) is 9.59 Å². The van der Waals surface area contributed by atoms with Gasteiger partial charge in [-0.1, -0.05) is 67.5 Å². The molecule has 0 aliphatic heterocycles. The minimum Gasteiger partial charge on any atom is -0.447 e. The summed E-state index contributed by atoms with van der Waals surface area (Å²) in [5.74, 6) is 0.386. The van der Waals surface area contributed by atoms with Crippen LogP contribution in [0.4, 0.5) is 9.59 Å². The van der Waals surface area contributed by atoms with Gasteiger partial charge in [0.1, 0.15) is 5.75 Å². The summed E-state index contributed by atoms with van der Waals surface area (Å²) in [6.45, 7) is 4.25. The lowest BCUT2D eigenvalue weighted by Gasteiger charge is -2.03. The van der Waals surface area contributed by atoms with Crippen molar-refractivity contribution in [2.75, 3.05) is 6.61 Å². The van der Waals surface area contributed by atoms with E-state index in [1.54, 1.807) is 25.1 Å². The smallest absolute Gasteiger partial charge is 0.447 e. The second-order valence-corrected chi connectivity index (χ2v) is 5.22. The SMILES string of the molecule is CCCCCCCCOC(=O)N=NC(=O)Oc1ccccc1C. The van der Waals surface area contributed by atoms with E-state index in [1.165, 1.54) is 19.3 Å². The zero-order valence-electron chi connectivity index (χ0n) is 13.8. The first-order chi connectivity index (χ1) is 11.1. The van der Waals surface area contributed by atoms with E-state index in [4.69, 9.17) is 9.47 Å². The number of nitrogens with zero attached hydrogens (tertiary/aromatic N) is 2. The number of carbonyl (C=O) groups is 2. The maximum atomic E-state index is 11.5. The van der Waals surface area contributed by atoms with Crippen molar-refractivity contribution in [3.05, 3.63) is 29.8 Å². The van der Waals surface area contributed by atoms with Gasteiger partial charge in [0.25, 0.3) is 0 Å². The molecule has 0 atom stereocenters. The highest BCUT2D eigenvalue weighted by Crippen LogP contribution is 2.16. The van der Waals surface area contributed by atoms with Crippen LogP contribution in [0.2, 0.25) is 0 Å². The minimum absolute atomic E-state index is 0.289. The number of rotatable bonds is 8. The zero-order valence-corrected chi connectivity index (χ0v) is 13.8. The maximum absolute atomic E-state index is 11.5. The molecule has 1 aromatic rings. The highest BCUT2D eigenvalue weighted by atomic mass is 16.6. The molecule has 6 nitrogen and oxygen atoms in total. The fourth-order valence-electron chi connectivity index (χ4n) is 1.94. The summed E-state index contributed by atoms with van der Waals surface area (Å²) >= 11 is 0. The van der Waals surface area contributed by atoms with Crippen molar-refractivity contribution in [2.45, 2.75) is 52.4 Å². The molecule has 126 valence electrons. The van der Waals surface area contributed by atoms with E-state index in [0.29, 0.717) is 5.75 Å². The van der Waals surface area contributed by atoms with Crippen LogP contribution < -0.4 is 4.74 Å². The molecule has 0 fully saturated rings. The molecule has 1 rings (SSSR count). The molecule has 0 aliphatic rings. The molecule has 0 bridgehead atoms. The van der Waals surface area contributed by atoms with Crippen LogP contribution in [0.25, 0.3) is 0 Å². The predicted octanol–water partition coefficient (Wildman–Crippen LogP) is 5.44. The van der Waals surface area contributed by atoms with E-state index in [0.717, 1.165) is 24.8 Å². The number of amides is 2. The molecule has 1 aromatic carbocycles. The van der Waals surface area contributed by atoms with Gasteiger partial charge < -0.3 is 9.47 Å². The van der Waals surface area contributed by atoms with E-state index < -0.39 is 12.2 Å². The van der Waals surface area contributed by atoms with Crippen LogP contribution in [0.3, 0.4) is 0 Å². The van der Waals surface area contributed by atoms with Crippen molar-refractivity contribution in [3.8, 4) is 5.75 Å². The summed E-state index contributed by atoms with van der Waals surface area (Å²) in [7, 11) is 0. The van der Waals surface area contributed by atoms with Crippen molar-refractivity contribution in [3.63, 3.8) is 0 Å². The minimum atomic E-state index is -0.948. The predicted molar refractivity (Wildman–Crippen MR) is 86.8 cm³/mol. The Kier molecular flexibility index (Phi) is 9.28. The van der Waals surface area contributed by atoms with Gasteiger partial charge in [0.15, 0.2) is 0 Å². The van der Waals surface area contributed by atoms with Crippen molar-refractivity contribution in [1.29, 1.82) is 0 Å². The van der Waals surface area contributed by atoms with E-state index in [1.807, 2.05) is 6.07 Å². The number of unbranched alkanes of at least 4 members (excludes halogenated alkanes) is 5. The highest BCUT2D eigenvalue weighted by molar-refractivity contribution is 5.74. The number of hydrogen-bond donors (Lipinski definition) is 0. The fraction of sp³-hybridized carbons (Fsp3) is 0.529. The van der Waals surface area contributed by atoms with Gasteiger partial charge in [-0.25, -0.2) is 9.59 Å². The number of aryl methyl sites for hydroxylation is 1. The Labute approximate surface area is 136 Å². The summed E-state index contributed by atoms with van der Waals surface area (Å²) in [4.78, 5) is 22.8. The Morgan fingerprint density at radius 2 is 1.61 bits per heavy atom. The van der Waals surface area contributed by atoms with Gasteiger partial charge in [0.2, 0.25) is 0 Å². The topological polar surface area (TPSA) is 77.3 Å². The van der Waals surface area contributed by atoms with Gasteiger partial charge in [-0.05, 0) is 25.0 Å². The van der Waals surface area contributed by atoms with Crippen LogP contribution >= 0.6 is 0 Å². The maximum Gasteiger partial charge on any atom is 0.458 e. The average molecular weight is 320 g/mol. The van der Waals surface area contributed by atoms with Gasteiger partial charge in [-0.2, -0.15) is 0 Å². The Morgan fingerprint density at radius 1 is 0.957 bits per heavy atom. The van der Waals surface area contributed by atoms with Gasteiger partial charge in [0, 0.05) is 0 Å². The molecule has 0 unspecified atom stereocenters. The lowest BCUT2D eigenvalue weighted by atomic mass is 10.1. The summed E-state index contributed by atoms with van der Waals surface area (Å²) in [5, 5.41) is 6.38. The summed E-state index contributed by atoms with van der Waals surface area (Å²) in [6.07, 6.45) is 4.75. The second kappa shape index (κ2) is 11.3. The molecule has 0 heterocycles. The van der Waals surface area contributed by atoms with E-state index >= 15 is 0 Å². The zero-order chi connectivity index (χ0) is 16.9. The van der Waals surface area contributed by atoms with Crippen LogP contribution in [0.1, 0.15) is 51.0 Å². The van der Waals surface area contributed by atoms with Gasteiger partial charge in [-0.3, -0.25) is 0 Å². The number of azo groups is 1. The molecule has 0 spiro atoms. The lowest BCUT2D eigenvalue weighted by Crippen LogP contribution is -2.05. The number of ether oxygens (including phenoxy) is 2. The Morgan fingerprint density at radius 3 is 2.35 bits per heavy atom. The van der Waals surface area contributed by atoms with Crippen LogP contribution in [0.5, 0.6) is 5.75 Å². The normalized spacial score (nSPS) is 10.7. The first-order valence-corrected chi connectivity index (χ1v) is 7.99. The molecule has 0 aromatic heterocycles. The van der Waals surface area contributed by atoms with E-state index in [-0.39, 0.29) is 6.61 Å². The third-order valence-electron chi connectivity index (χ3n) is 3.23. The number of carbonyl (C=O) groups excluding carboxylic acids is 2. The van der Waals surface area contributed by atoms with E-state index in [2.05, 4.69) is 17.2 Å². The third kappa shape index (κ3) is 8.70. The third-order valence-corrected chi connectivity index (χ3v) is 3.23. The second-order valence-electron chi connectivity index (χ2n) is 5.22. The molecule has 0 N–H and O–H groups in total. The summed E-state index contributed by atoms with van der Waals surface area (Å²) in [6, 6.07) is 7.00. The monoisotopic (exact) mass is 320 g/mol. The van der Waals surface area contributed by atoms with Crippen LogP contribution in [-0.4, -0.2) is 18.8 Å². The molecule has 0 aliphatic carbocycles. The summed E-state index contributed by atoms with van der Waals surface area (Å²) in [5.41, 5.74) is 0.793. The van der Waals surface area contributed by atoms with Gasteiger partial charge in [0.05, 0.1) is 6.61 Å². The standard InChI is InChI=1S/C17H24N2O4/c1-3-4-5-6-7-10-13-22-16(20)18-19-17(21)23-15-12-9-8-11-14(15)2/h8-9,11-12H,3-7,10,13H2,1-2H3. The lowest BCUT2D eigenvalue weighted by molar-refractivity contribution is 0.151. The first-order valence-electron chi connectivity index (χ1n) is 7.99. The molecule has 0 saturated carbocycles. The van der Waals surface area contributed by atoms with Crippen molar-refractivity contribution in [1.82, 2.24) is 0 Å². The van der Waals surface area contributed by atoms with Crippen LogP contribution in [0, 0.1) is 6.92 Å². The van der Waals surface area contributed by atoms with Crippen molar-refractivity contribution >= 4 is 12.2 Å². The molecular weight excluding hydrogens is 296 g/mol. The first kappa shape index (κ1) is 18.8. The van der Waals surface area contributed by atoms with Gasteiger partial charge >= 0.3 is 12.2 Å². The van der Waals surface area contributed by atoms with Crippen LogP contribution in [-0.2, 0) is 4.74 Å². The Balaban J connectivity index is 2.19. The fourth-order valence-corrected chi connectivity index (χ4v) is 1.94. The molecule has 23 heavy (non-hydrogen) atoms. The molecule has 6 heteroatoms. The van der Waals surface area contributed by atoms with Gasteiger partial charge in [-0.15, -0.1) is 0 Å². The number of hydrogen-bond acceptors (Lipinski definition) is 4. The molecular formula is C17H24N2O4. The highest BCUT2D eigenvalue weighted by Gasteiger charge is 2.07. The quantitative estimate of drug-likeness (QED) is 0.472. The summed E-state index contributed by atoms with van der Waals surface area (Å²) < 4.78 is 9.83. The van der Waals surface area contributed by atoms with Crippen molar-refractivity contribution < 1.29 is 19.1 Å². The average Bonchev–Trinajstić information content (AvgIpc) is 2.54.